The Morgan fingerprint density at radius 1 is 0.473 bits per heavy atom. The molecule has 2 aromatic carbocycles. The first-order chi connectivity index (χ1) is 25.4. The molecule has 4 nitrogen and oxygen atoms in total. The number of carboxylic acids is 1. The number of carbonyl (C=O) groups is 1. The largest absolute Gasteiger partial charge is 0.507 e. The molecular formula is C51H88O4. The molecule has 0 amide bonds. The van der Waals surface area contributed by atoms with Crippen molar-refractivity contribution in [3.8, 4) is 11.5 Å². The number of aryl methyl sites for hydroxylation is 1. The molecule has 55 heavy (non-hydrogen) atoms. The lowest BCUT2D eigenvalue weighted by atomic mass is 9.77. The van der Waals surface area contributed by atoms with E-state index in [1.807, 2.05) is 12.1 Å². The Labute approximate surface area is 340 Å². The zero-order chi connectivity index (χ0) is 42.0. The van der Waals surface area contributed by atoms with Crippen LogP contribution in [0.4, 0.5) is 0 Å². The maximum atomic E-state index is 12.1. The summed E-state index contributed by atoms with van der Waals surface area (Å²) < 4.78 is 0. The molecule has 0 heterocycles. The molecule has 316 valence electrons. The lowest BCUT2D eigenvalue weighted by Gasteiger charge is -2.28. The van der Waals surface area contributed by atoms with Crippen LogP contribution in [0, 0.1) is 5.92 Å². The second kappa shape index (κ2) is 23.7. The number of carboxylic acid groups (broad SMARTS) is 1. The van der Waals surface area contributed by atoms with Crippen LogP contribution in [-0.2, 0) is 39.3 Å². The van der Waals surface area contributed by atoms with E-state index in [-0.39, 0.29) is 27.6 Å². The van der Waals surface area contributed by atoms with E-state index >= 15 is 0 Å². The van der Waals surface area contributed by atoms with Gasteiger partial charge in [0.1, 0.15) is 11.5 Å². The van der Waals surface area contributed by atoms with Crippen molar-refractivity contribution in [2.24, 2.45) is 5.92 Å². The van der Waals surface area contributed by atoms with E-state index < -0.39 is 5.97 Å². The summed E-state index contributed by atoms with van der Waals surface area (Å²) in [4.78, 5) is 12.1. The summed E-state index contributed by atoms with van der Waals surface area (Å²) in [5.74, 6) is -0.235. The fourth-order valence-electron chi connectivity index (χ4n) is 7.53. The van der Waals surface area contributed by atoms with E-state index in [0.717, 1.165) is 53.5 Å². The average Bonchev–Trinajstić information content (AvgIpc) is 3.06. The zero-order valence-electron chi connectivity index (χ0n) is 38.6. The molecule has 0 saturated heterocycles. The smallest absolute Gasteiger partial charge is 0.306 e. The highest BCUT2D eigenvalue weighted by molar-refractivity contribution is 5.70. The van der Waals surface area contributed by atoms with Crippen molar-refractivity contribution in [2.45, 2.75) is 241 Å². The van der Waals surface area contributed by atoms with Crippen LogP contribution in [0.3, 0.4) is 0 Å². The molecule has 3 N–H and O–H groups in total. The van der Waals surface area contributed by atoms with Crippen LogP contribution in [0.25, 0.3) is 0 Å². The van der Waals surface area contributed by atoms with E-state index in [1.54, 1.807) is 0 Å². The maximum Gasteiger partial charge on any atom is 0.306 e. The minimum atomic E-state index is -0.700. The number of aliphatic carboxylic acids is 1. The summed E-state index contributed by atoms with van der Waals surface area (Å²) >= 11 is 0. The van der Waals surface area contributed by atoms with Crippen molar-refractivity contribution < 1.29 is 20.1 Å². The normalized spacial score (nSPS) is 13.1. The van der Waals surface area contributed by atoms with Crippen molar-refractivity contribution in [1.29, 1.82) is 0 Å². The second-order valence-electron chi connectivity index (χ2n) is 20.8. The van der Waals surface area contributed by atoms with Crippen LogP contribution in [0.1, 0.15) is 239 Å². The van der Waals surface area contributed by atoms with E-state index in [9.17, 15) is 20.1 Å². The first-order valence-corrected chi connectivity index (χ1v) is 22.4. The number of hydrogen-bond acceptors (Lipinski definition) is 3. The van der Waals surface area contributed by atoms with Gasteiger partial charge in [0.05, 0.1) is 5.92 Å². The summed E-state index contributed by atoms with van der Waals surface area (Å²) in [5.41, 5.74) is 5.82. The summed E-state index contributed by atoms with van der Waals surface area (Å²) in [6.45, 7) is 29.9. The highest BCUT2D eigenvalue weighted by Crippen LogP contribution is 2.41. The number of hydrogen-bond donors (Lipinski definition) is 3. The molecule has 0 fully saturated rings. The maximum absolute atomic E-state index is 12.1. The first-order valence-electron chi connectivity index (χ1n) is 22.4. The van der Waals surface area contributed by atoms with Gasteiger partial charge in [-0.15, -0.1) is 0 Å². The standard InChI is InChI=1S/C35H62O3.C16H26O/c1-8-9-10-11-12-13-14-15-16-17-18-19-20-21-22-23-24-29(33(37)38)25-28-26-30(34(2,3)4)32(36)31(27-28)35(5,6)7;1-8-11-9-12(15(2,3)4)14(17)13(10-11)16(5,6)7/h26-27,29,36H,8-25H2,1-7H3,(H,37,38);9-10,17H,8H2,1-7H3. The number of phenolic OH excluding ortho intramolecular Hbond substituents is 2. The molecule has 0 aliphatic rings. The number of unbranched alkanes of at least 4 members (excludes halogenated alkanes) is 15. The van der Waals surface area contributed by atoms with Crippen LogP contribution in [-0.4, -0.2) is 21.3 Å². The molecule has 2 aromatic rings. The Morgan fingerprint density at radius 2 is 0.745 bits per heavy atom. The van der Waals surface area contributed by atoms with Gasteiger partial charge >= 0.3 is 5.97 Å². The quantitative estimate of drug-likeness (QED) is 0.111. The number of rotatable bonds is 21. The Bertz CT molecular complexity index is 1320. The molecule has 0 bridgehead atoms. The number of benzene rings is 2. The van der Waals surface area contributed by atoms with Crippen LogP contribution < -0.4 is 0 Å². The van der Waals surface area contributed by atoms with Crippen molar-refractivity contribution in [3.05, 3.63) is 57.6 Å². The summed E-state index contributed by atoms with van der Waals surface area (Å²) in [5, 5.41) is 31.4. The molecular weight excluding hydrogens is 677 g/mol. The molecule has 0 radical (unpaired) electrons. The van der Waals surface area contributed by atoms with Gasteiger partial charge in [0.15, 0.2) is 0 Å². The van der Waals surface area contributed by atoms with Gasteiger partial charge in [0, 0.05) is 0 Å². The van der Waals surface area contributed by atoms with Crippen LogP contribution in [0.2, 0.25) is 0 Å². The Kier molecular flexibility index (Phi) is 21.7. The fraction of sp³-hybridized carbons (Fsp3) is 0.745. The van der Waals surface area contributed by atoms with Crippen molar-refractivity contribution in [3.63, 3.8) is 0 Å². The predicted molar refractivity (Wildman–Crippen MR) is 239 cm³/mol. The monoisotopic (exact) mass is 765 g/mol. The number of phenols is 2. The van der Waals surface area contributed by atoms with Gasteiger partial charge in [-0.05, 0) is 74.3 Å². The summed E-state index contributed by atoms with van der Waals surface area (Å²) in [6.07, 6.45) is 23.5. The lowest BCUT2D eigenvalue weighted by molar-refractivity contribution is -0.142. The Morgan fingerprint density at radius 3 is 1.00 bits per heavy atom. The molecule has 0 aliphatic heterocycles. The topological polar surface area (TPSA) is 77.8 Å². The van der Waals surface area contributed by atoms with Gasteiger partial charge in [-0.1, -0.05) is 224 Å². The average molecular weight is 765 g/mol. The molecule has 4 heteroatoms. The third-order valence-corrected chi connectivity index (χ3v) is 11.2. The highest BCUT2D eigenvalue weighted by Gasteiger charge is 2.29. The Balaban J connectivity index is 0.000000738. The van der Waals surface area contributed by atoms with Crippen LogP contribution >= 0.6 is 0 Å². The van der Waals surface area contributed by atoms with Crippen molar-refractivity contribution in [1.82, 2.24) is 0 Å². The second-order valence-corrected chi connectivity index (χ2v) is 20.8. The molecule has 1 unspecified atom stereocenters. The fourth-order valence-corrected chi connectivity index (χ4v) is 7.53. The van der Waals surface area contributed by atoms with Crippen molar-refractivity contribution in [2.75, 3.05) is 0 Å². The predicted octanol–water partition coefficient (Wildman–Crippen LogP) is 15.4. The summed E-state index contributed by atoms with van der Waals surface area (Å²) in [7, 11) is 0. The lowest BCUT2D eigenvalue weighted by Crippen LogP contribution is -2.20. The van der Waals surface area contributed by atoms with Crippen molar-refractivity contribution >= 4 is 5.97 Å². The molecule has 0 spiro atoms. The van der Waals surface area contributed by atoms with E-state index in [2.05, 4.69) is 109 Å². The Hall–Kier alpha value is -2.49. The van der Waals surface area contributed by atoms with E-state index in [4.69, 9.17) is 0 Å². The van der Waals surface area contributed by atoms with Gasteiger partial charge in [-0.2, -0.15) is 0 Å². The van der Waals surface area contributed by atoms with Crippen LogP contribution in [0.15, 0.2) is 24.3 Å². The van der Waals surface area contributed by atoms with Gasteiger partial charge in [0.2, 0.25) is 0 Å². The van der Waals surface area contributed by atoms with Crippen LogP contribution in [0.5, 0.6) is 11.5 Å². The molecule has 1 atom stereocenters. The van der Waals surface area contributed by atoms with Gasteiger partial charge < -0.3 is 15.3 Å². The minimum Gasteiger partial charge on any atom is -0.507 e. The highest BCUT2D eigenvalue weighted by atomic mass is 16.4. The zero-order valence-corrected chi connectivity index (χ0v) is 38.6. The first kappa shape index (κ1) is 50.5. The molecule has 0 saturated carbocycles. The van der Waals surface area contributed by atoms with Gasteiger partial charge in [0.25, 0.3) is 0 Å². The molecule has 0 aliphatic carbocycles. The van der Waals surface area contributed by atoms with Gasteiger partial charge in [-0.3, -0.25) is 4.79 Å². The third-order valence-electron chi connectivity index (χ3n) is 11.2. The van der Waals surface area contributed by atoms with E-state index in [1.165, 1.54) is 95.5 Å². The molecule has 2 rings (SSSR count). The van der Waals surface area contributed by atoms with Gasteiger partial charge in [-0.25, -0.2) is 0 Å². The molecule has 0 aromatic heterocycles. The number of aromatic hydroxyl groups is 2. The summed E-state index contributed by atoms with van der Waals surface area (Å²) in [6, 6.07) is 8.36. The minimum absolute atomic E-state index is 0.0186. The third kappa shape index (κ3) is 19.0. The van der Waals surface area contributed by atoms with E-state index in [0.29, 0.717) is 17.9 Å². The SMILES string of the molecule is CCCCCCCCCCCCCCCCCCC(Cc1cc(C(C)(C)C)c(O)c(C(C)(C)C)c1)C(=O)O.CCc1cc(C(C)(C)C)c(O)c(C(C)(C)C)c1.